The first-order chi connectivity index (χ1) is 14.4. The minimum absolute atomic E-state index is 0.150. The van der Waals surface area contributed by atoms with E-state index < -0.39 is 72.0 Å². The topological polar surface area (TPSA) is 13.1 Å². The molecule has 0 N–H and O–H groups in total. The highest BCUT2D eigenvalue weighted by molar-refractivity contribution is 6.31. The van der Waals surface area contributed by atoms with Gasteiger partial charge in [0.05, 0.1) is 15.1 Å². The molecule has 0 amide bonds. The first-order valence-corrected chi connectivity index (χ1v) is 5.98. The van der Waals surface area contributed by atoms with Crippen LogP contribution in [0.3, 0.4) is 0 Å². The van der Waals surface area contributed by atoms with E-state index in [4.69, 9.17) is 31.1 Å². The van der Waals surface area contributed by atoms with Crippen LogP contribution in [0.1, 0.15) is 15.1 Å². The summed E-state index contributed by atoms with van der Waals surface area (Å²) in [5.41, 5.74) is -1.26. The highest BCUT2D eigenvalue weighted by atomic mass is 35.5. The molecule has 20 heavy (non-hydrogen) atoms. The monoisotopic (exact) mass is 289 g/mol. The summed E-state index contributed by atoms with van der Waals surface area (Å²) in [6.45, 7) is 0. The lowest BCUT2D eigenvalue weighted by Crippen LogP contribution is -1.78. The minimum atomic E-state index is -0.658. The number of benzene rings is 3. The summed E-state index contributed by atoms with van der Waals surface area (Å²) in [5.74, 6) is 0. The Balaban J connectivity index is 2.40. The lowest BCUT2D eigenvalue weighted by atomic mass is 10.00. The van der Waals surface area contributed by atoms with Crippen LogP contribution in [0.25, 0.3) is 33.1 Å². The second-order valence-electron chi connectivity index (χ2n) is 3.95. The van der Waals surface area contributed by atoms with Crippen LogP contribution in [-0.2, 0) is 0 Å². The molecule has 0 aliphatic heterocycles. The quantitative estimate of drug-likeness (QED) is 0.425. The molecule has 0 atom stereocenters. The molecule has 3 aromatic carbocycles. The second kappa shape index (κ2) is 4.39. The maximum Gasteiger partial charge on any atom is 0.136 e. The molecule has 1 nitrogen and oxygen atoms in total. The summed E-state index contributed by atoms with van der Waals surface area (Å²) in [4.78, 5) is 0. The van der Waals surface area contributed by atoms with E-state index in [0.29, 0.717) is 0 Å². The fraction of sp³-hybridized carbons (Fsp3) is 0. The molecule has 0 bridgehead atoms. The number of hydrogen-bond donors (Lipinski definition) is 0. The van der Waals surface area contributed by atoms with E-state index in [2.05, 4.69) is 0 Å². The Morgan fingerprint density at radius 3 is 2.55 bits per heavy atom. The third-order valence-electron chi connectivity index (χ3n) is 2.79. The number of rotatable bonds is 1. The smallest absolute Gasteiger partial charge is 0.136 e. The largest absolute Gasteiger partial charge is 0.456 e. The first-order valence-electron chi connectivity index (χ1n) is 11.1. The molecule has 1 aromatic heterocycles. The van der Waals surface area contributed by atoms with Crippen LogP contribution in [0.15, 0.2) is 70.9 Å². The average molecular weight is 290 g/mol. The van der Waals surface area contributed by atoms with Gasteiger partial charge in [-0.1, -0.05) is 53.9 Å². The summed E-state index contributed by atoms with van der Waals surface area (Å²) >= 11 is 5.95. The molecule has 0 aliphatic rings. The molecule has 0 spiro atoms. The van der Waals surface area contributed by atoms with Crippen LogP contribution in [0.2, 0.25) is 5.02 Å². The van der Waals surface area contributed by atoms with E-state index >= 15 is 0 Å². The zero-order valence-corrected chi connectivity index (χ0v) is 10.5. The van der Waals surface area contributed by atoms with Crippen LogP contribution in [0.5, 0.6) is 0 Å². The lowest BCUT2D eigenvalue weighted by Gasteiger charge is -2.03. The van der Waals surface area contributed by atoms with Crippen LogP contribution >= 0.6 is 11.6 Å². The van der Waals surface area contributed by atoms with Crippen molar-refractivity contribution in [2.24, 2.45) is 0 Å². The zero-order valence-electron chi connectivity index (χ0n) is 20.8. The van der Waals surface area contributed by atoms with E-state index in [-0.39, 0.29) is 32.5 Å². The van der Waals surface area contributed by atoms with E-state index in [9.17, 15) is 0 Å². The molecular formula is C18H11ClO. The summed E-state index contributed by atoms with van der Waals surface area (Å²) in [7, 11) is 0. The summed E-state index contributed by atoms with van der Waals surface area (Å²) < 4.78 is 95.0. The van der Waals surface area contributed by atoms with Gasteiger partial charge in [0.1, 0.15) is 11.2 Å². The predicted octanol–water partition coefficient (Wildman–Crippen LogP) is 5.91. The van der Waals surface area contributed by atoms with Crippen LogP contribution in [0.4, 0.5) is 0 Å². The Hall–Kier alpha value is -2.25. The lowest BCUT2D eigenvalue weighted by molar-refractivity contribution is 0.669. The number of hydrogen-bond acceptors (Lipinski definition) is 1. The molecule has 0 fully saturated rings. The summed E-state index contributed by atoms with van der Waals surface area (Å²) in [5, 5.41) is -0.661. The number of furan rings is 1. The van der Waals surface area contributed by atoms with Crippen molar-refractivity contribution >= 4 is 33.5 Å². The van der Waals surface area contributed by atoms with Gasteiger partial charge < -0.3 is 4.42 Å². The van der Waals surface area contributed by atoms with Crippen molar-refractivity contribution in [3.63, 3.8) is 0 Å². The maximum absolute atomic E-state index is 8.41. The van der Waals surface area contributed by atoms with Crippen molar-refractivity contribution in [3.8, 4) is 11.1 Å². The summed E-state index contributed by atoms with van der Waals surface area (Å²) in [6, 6.07) is -6.39. The molecule has 4 rings (SSSR count). The standard InChI is InChI=1S/C18H11ClO/c19-13-9-10-15-17(11-13)20-16-8-4-7-14(18(15)16)12-5-2-1-3-6-12/h1-11H/i1D,2D,3D,4D,5D,6D,7D,8D,9D,10D,11D. The molecule has 1 heterocycles. The Bertz CT molecular complexity index is 1430. The van der Waals surface area contributed by atoms with Crippen molar-refractivity contribution in [2.75, 3.05) is 0 Å². The first kappa shape index (κ1) is 4.94. The predicted molar refractivity (Wildman–Crippen MR) is 84.2 cm³/mol. The van der Waals surface area contributed by atoms with Gasteiger partial charge in [0.15, 0.2) is 0 Å². The molecule has 2 heteroatoms. The summed E-state index contributed by atoms with van der Waals surface area (Å²) in [6.07, 6.45) is 0. The van der Waals surface area contributed by atoms with Crippen LogP contribution < -0.4 is 0 Å². The third kappa shape index (κ3) is 1.71. The zero-order chi connectivity index (χ0) is 23.1. The molecular weight excluding hydrogens is 268 g/mol. The van der Waals surface area contributed by atoms with Crippen molar-refractivity contribution in [1.29, 1.82) is 0 Å². The van der Waals surface area contributed by atoms with Gasteiger partial charge in [0.25, 0.3) is 0 Å². The third-order valence-corrected chi connectivity index (χ3v) is 2.98. The van der Waals surface area contributed by atoms with Crippen molar-refractivity contribution in [1.82, 2.24) is 0 Å². The Labute approximate surface area is 136 Å². The van der Waals surface area contributed by atoms with E-state index in [1.165, 1.54) is 0 Å². The molecule has 4 aromatic rings. The van der Waals surface area contributed by atoms with Gasteiger partial charge in [-0.15, -0.1) is 0 Å². The molecule has 96 valence electrons. The molecule has 0 saturated carbocycles. The number of halogens is 1. The Kier molecular flexibility index (Phi) is 1.09. The highest BCUT2D eigenvalue weighted by Gasteiger charge is 2.12. The van der Waals surface area contributed by atoms with E-state index in [0.717, 1.165) is 0 Å². The normalized spacial score (nSPS) is 18.9. The average Bonchev–Trinajstić information content (AvgIpc) is 3.14. The van der Waals surface area contributed by atoms with Gasteiger partial charge in [-0.25, -0.2) is 0 Å². The highest BCUT2D eigenvalue weighted by Crippen LogP contribution is 2.37. The van der Waals surface area contributed by atoms with E-state index in [1.54, 1.807) is 0 Å². The SMILES string of the molecule is [2H]c1c([2H])c([2H])c(-c2c([2H])c([2H])c([2H])c3oc4c([2H])c(Cl)c([2H])c([2H])c4c23)c([2H])c1[2H]. The van der Waals surface area contributed by atoms with Gasteiger partial charge >= 0.3 is 0 Å². The fourth-order valence-electron chi connectivity index (χ4n) is 1.99. The fourth-order valence-corrected chi connectivity index (χ4v) is 2.12. The number of fused-ring (bicyclic) bond motifs is 3. The van der Waals surface area contributed by atoms with Crippen LogP contribution in [-0.4, -0.2) is 0 Å². The molecule has 0 saturated heterocycles. The van der Waals surface area contributed by atoms with Gasteiger partial charge in [0, 0.05) is 21.8 Å². The van der Waals surface area contributed by atoms with Crippen molar-refractivity contribution in [3.05, 3.63) is 71.5 Å². The van der Waals surface area contributed by atoms with Crippen molar-refractivity contribution < 1.29 is 19.5 Å². The maximum atomic E-state index is 8.41. The molecule has 0 unspecified atom stereocenters. The Morgan fingerprint density at radius 1 is 0.850 bits per heavy atom. The van der Waals surface area contributed by atoms with Gasteiger partial charge in [-0.3, -0.25) is 0 Å². The van der Waals surface area contributed by atoms with Gasteiger partial charge in [-0.05, 0) is 29.3 Å². The van der Waals surface area contributed by atoms with Gasteiger partial charge in [-0.2, -0.15) is 0 Å². The van der Waals surface area contributed by atoms with Gasteiger partial charge in [0.2, 0.25) is 0 Å². The minimum Gasteiger partial charge on any atom is -0.456 e. The van der Waals surface area contributed by atoms with Crippen LogP contribution in [0, 0.1) is 0 Å². The van der Waals surface area contributed by atoms with E-state index in [1.807, 2.05) is 0 Å². The second-order valence-corrected chi connectivity index (χ2v) is 4.33. The Morgan fingerprint density at radius 2 is 1.70 bits per heavy atom. The molecule has 0 radical (unpaired) electrons. The van der Waals surface area contributed by atoms with Crippen molar-refractivity contribution in [2.45, 2.75) is 0 Å². The molecule has 0 aliphatic carbocycles.